The van der Waals surface area contributed by atoms with Crippen LogP contribution in [-0.4, -0.2) is 4.98 Å². The van der Waals surface area contributed by atoms with E-state index in [1.54, 1.807) is 0 Å². The number of thiazole rings is 1. The van der Waals surface area contributed by atoms with Crippen LogP contribution in [0.4, 0.5) is 0 Å². The molecule has 4 rings (SSSR count). The van der Waals surface area contributed by atoms with Crippen LogP contribution >= 0.6 is 11.3 Å². The molecular weight excluding hydrogens is 372 g/mol. The molecular formula is C26H24N2S. The van der Waals surface area contributed by atoms with Gasteiger partial charge >= 0.3 is 0 Å². The summed E-state index contributed by atoms with van der Waals surface area (Å²) in [6.45, 7) is 0. The Bertz CT molecular complexity index is 1030. The first kappa shape index (κ1) is 19.4. The predicted molar refractivity (Wildman–Crippen MR) is 122 cm³/mol. The van der Waals surface area contributed by atoms with E-state index in [1.165, 1.54) is 49.0 Å². The van der Waals surface area contributed by atoms with Gasteiger partial charge in [0.1, 0.15) is 11.1 Å². The molecule has 0 amide bonds. The SMILES string of the molecule is N#CC(=CC=Cc1ccccc1)c1nc(-c2ccc(C3CCCCC3)cc2)cs1. The maximum atomic E-state index is 9.55. The van der Waals surface area contributed by atoms with Crippen LogP contribution in [0.5, 0.6) is 0 Å². The summed E-state index contributed by atoms with van der Waals surface area (Å²) in [6, 6.07) is 21.2. The van der Waals surface area contributed by atoms with Gasteiger partial charge < -0.3 is 0 Å². The highest BCUT2D eigenvalue weighted by Crippen LogP contribution is 2.34. The fourth-order valence-corrected chi connectivity index (χ4v) is 4.67. The molecule has 1 aliphatic rings. The third kappa shape index (κ3) is 4.91. The largest absolute Gasteiger partial charge is 0.235 e. The Hall–Kier alpha value is -2.96. The van der Waals surface area contributed by atoms with Crippen LogP contribution in [0.3, 0.4) is 0 Å². The molecule has 1 saturated carbocycles. The fraction of sp³-hybridized carbons (Fsp3) is 0.231. The van der Waals surface area contributed by atoms with Crippen LogP contribution in [0.25, 0.3) is 22.9 Å². The number of rotatable bonds is 5. The molecule has 0 spiro atoms. The zero-order valence-corrected chi connectivity index (χ0v) is 17.2. The van der Waals surface area contributed by atoms with Crippen molar-refractivity contribution in [1.29, 1.82) is 5.26 Å². The van der Waals surface area contributed by atoms with Crippen molar-refractivity contribution in [1.82, 2.24) is 4.98 Å². The molecule has 0 saturated heterocycles. The van der Waals surface area contributed by atoms with Gasteiger partial charge in [0.25, 0.3) is 0 Å². The van der Waals surface area contributed by atoms with Crippen LogP contribution in [0.2, 0.25) is 0 Å². The molecule has 3 heteroatoms. The van der Waals surface area contributed by atoms with Gasteiger partial charge in [0.05, 0.1) is 11.3 Å². The van der Waals surface area contributed by atoms with E-state index in [-0.39, 0.29) is 0 Å². The molecule has 2 nitrogen and oxygen atoms in total. The number of nitriles is 1. The smallest absolute Gasteiger partial charge is 0.134 e. The minimum Gasteiger partial charge on any atom is -0.235 e. The van der Waals surface area contributed by atoms with E-state index in [0.717, 1.165) is 21.8 Å². The van der Waals surface area contributed by atoms with E-state index in [4.69, 9.17) is 4.98 Å². The molecule has 1 aliphatic carbocycles. The number of allylic oxidation sites excluding steroid dienone is 3. The van der Waals surface area contributed by atoms with Gasteiger partial charge in [-0.3, -0.25) is 0 Å². The Labute approximate surface area is 176 Å². The van der Waals surface area contributed by atoms with Crippen LogP contribution in [-0.2, 0) is 0 Å². The Morgan fingerprint density at radius 2 is 1.76 bits per heavy atom. The van der Waals surface area contributed by atoms with E-state index in [9.17, 15) is 5.26 Å². The minimum absolute atomic E-state index is 0.590. The van der Waals surface area contributed by atoms with Crippen LogP contribution in [0.1, 0.15) is 54.2 Å². The summed E-state index contributed by atoms with van der Waals surface area (Å²) >= 11 is 1.52. The average molecular weight is 397 g/mol. The van der Waals surface area contributed by atoms with E-state index >= 15 is 0 Å². The number of hydrogen-bond donors (Lipinski definition) is 0. The highest BCUT2D eigenvalue weighted by molar-refractivity contribution is 7.11. The van der Waals surface area contributed by atoms with Crippen LogP contribution in [0.15, 0.2) is 72.1 Å². The first-order chi connectivity index (χ1) is 14.3. The Kier molecular flexibility index (Phi) is 6.34. The maximum absolute atomic E-state index is 9.55. The molecule has 29 heavy (non-hydrogen) atoms. The number of aromatic nitrogens is 1. The molecule has 0 unspecified atom stereocenters. The van der Waals surface area contributed by atoms with Gasteiger partial charge in [-0.05, 0) is 36.0 Å². The molecule has 1 aromatic heterocycles. The summed E-state index contributed by atoms with van der Waals surface area (Å²) < 4.78 is 0. The topological polar surface area (TPSA) is 36.7 Å². The second-order valence-corrected chi connectivity index (χ2v) is 8.31. The standard InChI is InChI=1S/C26H24N2S/c27-18-24(13-7-10-20-8-3-1-4-9-20)26-28-25(19-29-26)23-16-14-22(15-17-23)21-11-5-2-6-12-21/h1,3-4,7-10,13-17,19,21H,2,5-6,11-12H2. The molecule has 0 radical (unpaired) electrons. The second-order valence-electron chi connectivity index (χ2n) is 7.46. The van der Waals surface area contributed by atoms with Crippen LogP contribution < -0.4 is 0 Å². The quantitative estimate of drug-likeness (QED) is 0.331. The second kappa shape index (κ2) is 9.49. The van der Waals surface area contributed by atoms with E-state index < -0.39 is 0 Å². The van der Waals surface area contributed by atoms with Gasteiger partial charge in [-0.15, -0.1) is 11.3 Å². The molecule has 0 atom stereocenters. The minimum atomic E-state index is 0.590. The highest BCUT2D eigenvalue weighted by Gasteiger charge is 2.15. The zero-order chi connectivity index (χ0) is 19.9. The molecule has 1 fully saturated rings. The monoisotopic (exact) mass is 396 g/mol. The van der Waals surface area contributed by atoms with E-state index in [2.05, 4.69) is 30.3 Å². The summed E-state index contributed by atoms with van der Waals surface area (Å²) in [5, 5.41) is 12.4. The normalized spacial score (nSPS) is 15.5. The Balaban J connectivity index is 1.48. The fourth-order valence-electron chi connectivity index (χ4n) is 3.87. The first-order valence-electron chi connectivity index (χ1n) is 10.2. The average Bonchev–Trinajstić information content (AvgIpc) is 3.28. The van der Waals surface area contributed by atoms with Crippen molar-refractivity contribution in [2.45, 2.75) is 38.0 Å². The summed E-state index contributed by atoms with van der Waals surface area (Å²) in [4.78, 5) is 4.71. The van der Waals surface area contributed by atoms with E-state index in [1.807, 2.05) is 53.9 Å². The zero-order valence-electron chi connectivity index (χ0n) is 16.4. The van der Waals surface area contributed by atoms with Crippen molar-refractivity contribution in [3.05, 3.63) is 88.3 Å². The Morgan fingerprint density at radius 1 is 1.00 bits per heavy atom. The third-order valence-corrected chi connectivity index (χ3v) is 6.36. The lowest BCUT2D eigenvalue weighted by Gasteiger charge is -2.22. The van der Waals surface area contributed by atoms with Gasteiger partial charge in [-0.25, -0.2) is 4.98 Å². The molecule has 0 N–H and O–H groups in total. The lowest BCUT2D eigenvalue weighted by atomic mass is 9.84. The molecule has 0 aliphatic heterocycles. The number of benzene rings is 2. The van der Waals surface area contributed by atoms with Gasteiger partial charge in [0.15, 0.2) is 0 Å². The van der Waals surface area contributed by atoms with Crippen molar-refractivity contribution in [3.63, 3.8) is 0 Å². The maximum Gasteiger partial charge on any atom is 0.134 e. The third-order valence-electron chi connectivity index (χ3n) is 5.49. The van der Waals surface area contributed by atoms with Gasteiger partial charge in [0.2, 0.25) is 0 Å². The molecule has 1 heterocycles. The molecule has 3 aromatic rings. The van der Waals surface area contributed by atoms with Gasteiger partial charge in [-0.2, -0.15) is 5.26 Å². The van der Waals surface area contributed by atoms with Crippen molar-refractivity contribution in [2.75, 3.05) is 0 Å². The predicted octanol–water partition coefficient (Wildman–Crippen LogP) is 7.48. The molecule has 2 aromatic carbocycles. The Morgan fingerprint density at radius 3 is 2.48 bits per heavy atom. The summed E-state index contributed by atoms with van der Waals surface area (Å²) in [7, 11) is 0. The summed E-state index contributed by atoms with van der Waals surface area (Å²) in [5.41, 5.74) is 5.20. The van der Waals surface area contributed by atoms with Crippen molar-refractivity contribution >= 4 is 23.0 Å². The van der Waals surface area contributed by atoms with Crippen molar-refractivity contribution in [2.24, 2.45) is 0 Å². The lowest BCUT2D eigenvalue weighted by molar-refractivity contribution is 0.443. The summed E-state index contributed by atoms with van der Waals surface area (Å²) in [5.74, 6) is 0.716. The van der Waals surface area contributed by atoms with Crippen molar-refractivity contribution < 1.29 is 0 Å². The van der Waals surface area contributed by atoms with Gasteiger partial charge in [0, 0.05) is 10.9 Å². The summed E-state index contributed by atoms with van der Waals surface area (Å²) in [6.07, 6.45) is 12.4. The van der Waals surface area contributed by atoms with Gasteiger partial charge in [-0.1, -0.05) is 86.0 Å². The van der Waals surface area contributed by atoms with Crippen LogP contribution in [0, 0.1) is 11.3 Å². The van der Waals surface area contributed by atoms with E-state index in [0.29, 0.717) is 11.5 Å². The number of hydrogen-bond acceptors (Lipinski definition) is 3. The highest BCUT2D eigenvalue weighted by atomic mass is 32.1. The number of nitrogens with zero attached hydrogens (tertiary/aromatic N) is 2. The lowest BCUT2D eigenvalue weighted by Crippen LogP contribution is -2.04. The molecule has 144 valence electrons. The van der Waals surface area contributed by atoms with Crippen molar-refractivity contribution in [3.8, 4) is 17.3 Å². The first-order valence-corrected chi connectivity index (χ1v) is 11.1. The molecule has 0 bridgehead atoms.